The highest BCUT2D eigenvalue weighted by Gasteiger charge is 2.45. The van der Waals surface area contributed by atoms with Crippen LogP contribution in [-0.2, 0) is 0 Å². The molecular formula is C17H26. The molecule has 0 atom stereocenters. The minimum absolute atomic E-state index is 0.669. The van der Waals surface area contributed by atoms with Crippen molar-refractivity contribution in [3.63, 3.8) is 0 Å². The van der Waals surface area contributed by atoms with E-state index in [1.165, 1.54) is 38.5 Å². The Kier molecular flexibility index (Phi) is 3.67. The van der Waals surface area contributed by atoms with Gasteiger partial charge in [0.25, 0.3) is 0 Å². The molecule has 2 saturated carbocycles. The summed E-state index contributed by atoms with van der Waals surface area (Å²) in [5.74, 6) is 9.06. The van der Waals surface area contributed by atoms with E-state index in [0.29, 0.717) is 11.3 Å². The molecule has 2 fully saturated rings. The highest BCUT2D eigenvalue weighted by atomic mass is 14.5. The molecule has 0 aromatic heterocycles. The van der Waals surface area contributed by atoms with Crippen LogP contribution in [0.3, 0.4) is 0 Å². The van der Waals surface area contributed by atoms with Crippen molar-refractivity contribution >= 4 is 0 Å². The quantitative estimate of drug-likeness (QED) is 0.567. The first kappa shape index (κ1) is 12.7. The second-order valence-corrected chi connectivity index (χ2v) is 6.74. The molecule has 0 bridgehead atoms. The molecule has 1 spiro atoms. The number of rotatable bonds is 1. The van der Waals surface area contributed by atoms with Gasteiger partial charge in [0.2, 0.25) is 0 Å². The maximum absolute atomic E-state index is 3.85. The lowest BCUT2D eigenvalue weighted by Crippen LogP contribution is -2.40. The summed E-state index contributed by atoms with van der Waals surface area (Å²) >= 11 is 0. The van der Waals surface area contributed by atoms with Crippen LogP contribution >= 0.6 is 0 Å². The van der Waals surface area contributed by atoms with E-state index < -0.39 is 0 Å². The molecule has 0 heterocycles. The third-order valence-corrected chi connectivity index (χ3v) is 4.88. The van der Waals surface area contributed by atoms with Crippen molar-refractivity contribution in [2.75, 3.05) is 0 Å². The molecule has 0 unspecified atom stereocenters. The highest BCUT2D eigenvalue weighted by Crippen LogP contribution is 2.56. The standard InChI is InChI=1S/C17H26/c1-13(2)5-6-15-11-17(12-15)9-7-16(8-10-17)14(3)4/h14-16H,1,7-12H2,2-4H3. The smallest absolute Gasteiger partial charge is 0.0217 e. The third kappa shape index (κ3) is 2.95. The SMILES string of the molecule is C=C(C)C#CC1CC2(CCC(C(C)C)CC2)C1. The molecule has 0 amide bonds. The summed E-state index contributed by atoms with van der Waals surface area (Å²) in [6.45, 7) is 10.6. The second-order valence-electron chi connectivity index (χ2n) is 6.74. The summed E-state index contributed by atoms with van der Waals surface area (Å²) in [5, 5.41) is 0. The van der Waals surface area contributed by atoms with Gasteiger partial charge in [-0.2, -0.15) is 0 Å². The van der Waals surface area contributed by atoms with E-state index >= 15 is 0 Å². The van der Waals surface area contributed by atoms with Gasteiger partial charge in [-0.25, -0.2) is 0 Å². The van der Waals surface area contributed by atoms with Crippen LogP contribution in [0.15, 0.2) is 12.2 Å². The monoisotopic (exact) mass is 230 g/mol. The maximum atomic E-state index is 3.85. The minimum Gasteiger partial charge on any atom is -0.0948 e. The first-order valence-corrected chi connectivity index (χ1v) is 7.18. The lowest BCUT2D eigenvalue weighted by Gasteiger charge is -2.50. The summed E-state index contributed by atoms with van der Waals surface area (Å²) in [6.07, 6.45) is 8.55. The zero-order valence-electron chi connectivity index (χ0n) is 11.7. The zero-order chi connectivity index (χ0) is 12.5. The van der Waals surface area contributed by atoms with Crippen molar-refractivity contribution in [2.45, 2.75) is 59.3 Å². The fourth-order valence-corrected chi connectivity index (χ4v) is 3.64. The Morgan fingerprint density at radius 2 is 1.82 bits per heavy atom. The van der Waals surface area contributed by atoms with Gasteiger partial charge in [-0.1, -0.05) is 32.3 Å². The van der Waals surface area contributed by atoms with Gasteiger partial charge >= 0.3 is 0 Å². The fraction of sp³-hybridized carbons (Fsp3) is 0.765. The molecule has 0 nitrogen and oxygen atoms in total. The Bertz CT molecular complexity index is 334. The van der Waals surface area contributed by atoms with Gasteiger partial charge in [0.05, 0.1) is 0 Å². The van der Waals surface area contributed by atoms with Crippen molar-refractivity contribution in [3.8, 4) is 11.8 Å². The Morgan fingerprint density at radius 3 is 2.29 bits per heavy atom. The Hall–Kier alpha value is -0.700. The third-order valence-electron chi connectivity index (χ3n) is 4.88. The molecular weight excluding hydrogens is 204 g/mol. The number of hydrogen-bond donors (Lipinski definition) is 0. The molecule has 0 heteroatoms. The summed E-state index contributed by atoms with van der Waals surface area (Å²) in [6, 6.07) is 0. The Morgan fingerprint density at radius 1 is 1.24 bits per heavy atom. The summed E-state index contributed by atoms with van der Waals surface area (Å²) in [5.41, 5.74) is 1.70. The predicted molar refractivity (Wildman–Crippen MR) is 74.5 cm³/mol. The Balaban J connectivity index is 1.80. The highest BCUT2D eigenvalue weighted by molar-refractivity contribution is 5.26. The predicted octanol–water partition coefficient (Wildman–Crippen LogP) is 4.81. The second kappa shape index (κ2) is 4.89. The van der Waals surface area contributed by atoms with Crippen LogP contribution in [0, 0.1) is 35.0 Å². The van der Waals surface area contributed by atoms with E-state index in [2.05, 4.69) is 32.3 Å². The van der Waals surface area contributed by atoms with Gasteiger partial charge in [-0.05, 0) is 68.3 Å². The van der Waals surface area contributed by atoms with Crippen molar-refractivity contribution < 1.29 is 0 Å². The van der Waals surface area contributed by atoms with Crippen molar-refractivity contribution in [1.29, 1.82) is 0 Å². The zero-order valence-corrected chi connectivity index (χ0v) is 11.7. The first-order chi connectivity index (χ1) is 8.01. The first-order valence-electron chi connectivity index (χ1n) is 7.18. The van der Waals surface area contributed by atoms with Crippen LogP contribution in [0.2, 0.25) is 0 Å². The number of hydrogen-bond acceptors (Lipinski definition) is 0. The van der Waals surface area contributed by atoms with Crippen molar-refractivity contribution in [2.24, 2.45) is 23.2 Å². The molecule has 0 aliphatic heterocycles. The Labute approximate surface area is 107 Å². The average molecular weight is 230 g/mol. The van der Waals surface area contributed by atoms with Crippen LogP contribution in [-0.4, -0.2) is 0 Å². The van der Waals surface area contributed by atoms with E-state index in [1.54, 1.807) is 0 Å². The molecule has 2 rings (SSSR count). The van der Waals surface area contributed by atoms with Crippen LogP contribution in [0.4, 0.5) is 0 Å². The summed E-state index contributed by atoms with van der Waals surface area (Å²) in [4.78, 5) is 0. The van der Waals surface area contributed by atoms with Crippen molar-refractivity contribution in [1.82, 2.24) is 0 Å². The normalized spacial score (nSPS) is 36.2. The van der Waals surface area contributed by atoms with Gasteiger partial charge in [0.15, 0.2) is 0 Å². The van der Waals surface area contributed by atoms with Crippen molar-refractivity contribution in [3.05, 3.63) is 12.2 Å². The van der Waals surface area contributed by atoms with Gasteiger partial charge in [-0.3, -0.25) is 0 Å². The van der Waals surface area contributed by atoms with Gasteiger partial charge < -0.3 is 0 Å². The van der Waals surface area contributed by atoms with Gasteiger partial charge in [0.1, 0.15) is 0 Å². The van der Waals surface area contributed by atoms with Gasteiger partial charge in [0, 0.05) is 5.92 Å². The van der Waals surface area contributed by atoms with Crippen LogP contribution < -0.4 is 0 Å². The largest absolute Gasteiger partial charge is 0.0948 e. The summed E-state index contributed by atoms with van der Waals surface area (Å²) in [7, 11) is 0. The lowest BCUT2D eigenvalue weighted by atomic mass is 9.54. The van der Waals surface area contributed by atoms with E-state index in [1.807, 2.05) is 6.92 Å². The molecule has 0 aromatic carbocycles. The topological polar surface area (TPSA) is 0 Å². The lowest BCUT2D eigenvalue weighted by molar-refractivity contribution is 0.0165. The van der Waals surface area contributed by atoms with E-state index in [4.69, 9.17) is 0 Å². The fourth-order valence-electron chi connectivity index (χ4n) is 3.64. The molecule has 2 aliphatic rings. The van der Waals surface area contributed by atoms with Crippen LogP contribution in [0.1, 0.15) is 59.3 Å². The van der Waals surface area contributed by atoms with E-state index in [9.17, 15) is 0 Å². The molecule has 0 N–H and O–H groups in total. The van der Waals surface area contributed by atoms with Gasteiger partial charge in [-0.15, -0.1) is 0 Å². The molecule has 94 valence electrons. The molecule has 0 aromatic rings. The molecule has 0 radical (unpaired) electrons. The van der Waals surface area contributed by atoms with Crippen LogP contribution in [0.5, 0.6) is 0 Å². The van der Waals surface area contributed by atoms with Crippen LogP contribution in [0.25, 0.3) is 0 Å². The van der Waals surface area contributed by atoms with E-state index in [-0.39, 0.29) is 0 Å². The molecule has 17 heavy (non-hydrogen) atoms. The maximum Gasteiger partial charge on any atom is 0.0217 e. The minimum atomic E-state index is 0.669. The van der Waals surface area contributed by atoms with E-state index in [0.717, 1.165) is 17.4 Å². The molecule has 2 aliphatic carbocycles. The summed E-state index contributed by atoms with van der Waals surface area (Å²) < 4.78 is 0. The number of allylic oxidation sites excluding steroid dienone is 1. The molecule has 0 saturated heterocycles. The average Bonchev–Trinajstić information content (AvgIpc) is 2.23.